The van der Waals surface area contributed by atoms with Gasteiger partial charge in [0.1, 0.15) is 12.4 Å². The molecule has 84 valence electrons. The monoisotopic (exact) mass is 210 g/mol. The molecule has 1 aliphatic rings. The lowest BCUT2D eigenvalue weighted by atomic mass is 10.00. The van der Waals surface area contributed by atoms with Crippen LogP contribution in [-0.4, -0.2) is 27.9 Å². The molecule has 5 nitrogen and oxygen atoms in total. The van der Waals surface area contributed by atoms with Gasteiger partial charge in [-0.05, 0) is 25.8 Å². The lowest BCUT2D eigenvalue weighted by Crippen LogP contribution is -2.27. The van der Waals surface area contributed by atoms with Crippen LogP contribution in [0.5, 0.6) is 0 Å². The van der Waals surface area contributed by atoms with Gasteiger partial charge in [-0.1, -0.05) is 0 Å². The summed E-state index contributed by atoms with van der Waals surface area (Å²) in [6.45, 7) is 4.94. The van der Waals surface area contributed by atoms with Crippen molar-refractivity contribution in [2.24, 2.45) is 11.7 Å². The molecule has 0 saturated carbocycles. The summed E-state index contributed by atoms with van der Waals surface area (Å²) in [5.41, 5.74) is 5.69. The molecule has 0 fully saturated rings. The zero-order chi connectivity index (χ0) is 10.7. The predicted molar refractivity (Wildman–Crippen MR) is 56.2 cm³/mol. The number of nitrogens with two attached hydrogens (primary N) is 1. The van der Waals surface area contributed by atoms with Crippen molar-refractivity contribution in [2.75, 3.05) is 13.2 Å². The van der Waals surface area contributed by atoms with Crippen LogP contribution in [0.15, 0.2) is 0 Å². The molecule has 0 amide bonds. The van der Waals surface area contributed by atoms with Crippen LogP contribution in [0.4, 0.5) is 0 Å². The smallest absolute Gasteiger partial charge is 0.159 e. The van der Waals surface area contributed by atoms with E-state index in [-0.39, 0.29) is 0 Å². The maximum absolute atomic E-state index is 5.69. The maximum Gasteiger partial charge on any atom is 0.159 e. The zero-order valence-electron chi connectivity index (χ0n) is 9.15. The fourth-order valence-electron chi connectivity index (χ4n) is 1.94. The summed E-state index contributed by atoms with van der Waals surface area (Å²) in [7, 11) is 0. The van der Waals surface area contributed by atoms with Gasteiger partial charge in [-0.15, -0.1) is 10.2 Å². The van der Waals surface area contributed by atoms with Gasteiger partial charge < -0.3 is 15.0 Å². The highest BCUT2D eigenvalue weighted by atomic mass is 16.5. The van der Waals surface area contributed by atoms with Crippen LogP contribution in [0.1, 0.15) is 25.0 Å². The fraction of sp³-hybridized carbons (Fsp3) is 0.800. The molecule has 2 N–H and O–H groups in total. The van der Waals surface area contributed by atoms with Crippen LogP contribution < -0.4 is 5.73 Å². The molecule has 5 heteroatoms. The van der Waals surface area contributed by atoms with E-state index in [2.05, 4.69) is 14.8 Å². The van der Waals surface area contributed by atoms with E-state index in [0.717, 1.165) is 37.6 Å². The minimum absolute atomic E-state index is 0.556. The molecule has 1 aliphatic heterocycles. The van der Waals surface area contributed by atoms with Crippen LogP contribution in [-0.2, 0) is 24.3 Å². The van der Waals surface area contributed by atoms with Crippen molar-refractivity contribution in [3.63, 3.8) is 0 Å². The summed E-state index contributed by atoms with van der Waals surface area (Å²) in [5, 5.41) is 8.32. The summed E-state index contributed by atoms with van der Waals surface area (Å²) in [6, 6.07) is 0. The third kappa shape index (κ3) is 2.18. The van der Waals surface area contributed by atoms with E-state index in [1.165, 1.54) is 0 Å². The Kier molecular flexibility index (Phi) is 3.33. The second-order valence-electron chi connectivity index (χ2n) is 3.92. The van der Waals surface area contributed by atoms with Crippen molar-refractivity contribution >= 4 is 0 Å². The molecular formula is C10H18N4O. The van der Waals surface area contributed by atoms with Gasteiger partial charge in [0.15, 0.2) is 5.82 Å². The molecular weight excluding hydrogens is 192 g/mol. The summed E-state index contributed by atoms with van der Waals surface area (Å²) in [4.78, 5) is 0. The number of fused-ring (bicyclic) bond motifs is 1. The summed E-state index contributed by atoms with van der Waals surface area (Å²) >= 11 is 0. The van der Waals surface area contributed by atoms with Gasteiger partial charge in [0.05, 0.1) is 0 Å². The van der Waals surface area contributed by atoms with Crippen LogP contribution >= 0.6 is 0 Å². The van der Waals surface area contributed by atoms with Gasteiger partial charge in [0, 0.05) is 19.6 Å². The first-order valence-corrected chi connectivity index (χ1v) is 5.54. The minimum atomic E-state index is 0.556. The number of nitrogens with zero attached hydrogens (tertiary/aromatic N) is 3. The van der Waals surface area contributed by atoms with Gasteiger partial charge in [-0.25, -0.2) is 0 Å². The molecule has 1 unspecified atom stereocenters. The molecule has 2 rings (SSSR count). The predicted octanol–water partition coefficient (Wildman–Crippen LogP) is 0.336. The van der Waals surface area contributed by atoms with E-state index in [1.807, 2.05) is 6.92 Å². The molecule has 1 aromatic rings. The quantitative estimate of drug-likeness (QED) is 0.778. The molecule has 1 aromatic heterocycles. The number of hydrogen-bond acceptors (Lipinski definition) is 4. The first-order chi connectivity index (χ1) is 7.35. The Hall–Kier alpha value is -0.940. The molecule has 2 heterocycles. The molecule has 1 atom stereocenters. The SMILES string of the molecule is CCOCc1nnc2n1CC(CN)CC2. The first kappa shape index (κ1) is 10.6. The van der Waals surface area contributed by atoms with Gasteiger partial charge in [0.2, 0.25) is 0 Å². The van der Waals surface area contributed by atoms with Crippen LogP contribution in [0.2, 0.25) is 0 Å². The highest BCUT2D eigenvalue weighted by Gasteiger charge is 2.21. The normalized spacial score (nSPS) is 20.3. The van der Waals surface area contributed by atoms with Crippen molar-refractivity contribution in [3.05, 3.63) is 11.6 Å². The number of aromatic nitrogens is 3. The average molecular weight is 210 g/mol. The molecule has 0 aliphatic carbocycles. The summed E-state index contributed by atoms with van der Waals surface area (Å²) < 4.78 is 7.52. The van der Waals surface area contributed by atoms with E-state index in [4.69, 9.17) is 10.5 Å². The van der Waals surface area contributed by atoms with Crippen LogP contribution in [0.25, 0.3) is 0 Å². The number of ether oxygens (including phenoxy) is 1. The summed E-state index contributed by atoms with van der Waals surface area (Å²) in [5.74, 6) is 2.58. The highest BCUT2D eigenvalue weighted by Crippen LogP contribution is 2.19. The van der Waals surface area contributed by atoms with Crippen molar-refractivity contribution in [3.8, 4) is 0 Å². The number of aryl methyl sites for hydroxylation is 1. The molecule has 15 heavy (non-hydrogen) atoms. The Morgan fingerprint density at radius 3 is 3.13 bits per heavy atom. The first-order valence-electron chi connectivity index (χ1n) is 5.54. The Balaban J connectivity index is 2.10. The Morgan fingerprint density at radius 1 is 1.53 bits per heavy atom. The molecule has 0 spiro atoms. The molecule has 0 saturated heterocycles. The number of hydrogen-bond donors (Lipinski definition) is 1. The highest BCUT2D eigenvalue weighted by molar-refractivity contribution is 4.99. The lowest BCUT2D eigenvalue weighted by Gasteiger charge is -2.22. The van der Waals surface area contributed by atoms with E-state index < -0.39 is 0 Å². The van der Waals surface area contributed by atoms with E-state index in [9.17, 15) is 0 Å². The Morgan fingerprint density at radius 2 is 2.40 bits per heavy atom. The number of rotatable bonds is 4. The summed E-state index contributed by atoms with van der Waals surface area (Å²) in [6.07, 6.45) is 2.12. The second kappa shape index (κ2) is 4.72. The third-order valence-electron chi connectivity index (χ3n) is 2.89. The average Bonchev–Trinajstić information content (AvgIpc) is 2.68. The van der Waals surface area contributed by atoms with Gasteiger partial charge >= 0.3 is 0 Å². The van der Waals surface area contributed by atoms with Crippen LogP contribution in [0.3, 0.4) is 0 Å². The van der Waals surface area contributed by atoms with Crippen molar-refractivity contribution in [1.29, 1.82) is 0 Å². The minimum Gasteiger partial charge on any atom is -0.374 e. The Bertz CT molecular complexity index is 323. The van der Waals surface area contributed by atoms with E-state index in [1.54, 1.807) is 0 Å². The van der Waals surface area contributed by atoms with E-state index >= 15 is 0 Å². The molecule has 0 radical (unpaired) electrons. The Labute approximate surface area is 89.6 Å². The largest absolute Gasteiger partial charge is 0.374 e. The van der Waals surface area contributed by atoms with E-state index in [0.29, 0.717) is 19.1 Å². The van der Waals surface area contributed by atoms with Gasteiger partial charge in [-0.2, -0.15) is 0 Å². The molecule has 0 aromatic carbocycles. The fourth-order valence-corrected chi connectivity index (χ4v) is 1.94. The van der Waals surface area contributed by atoms with Gasteiger partial charge in [-0.3, -0.25) is 0 Å². The maximum atomic E-state index is 5.69. The topological polar surface area (TPSA) is 66.0 Å². The van der Waals surface area contributed by atoms with Crippen LogP contribution in [0, 0.1) is 5.92 Å². The van der Waals surface area contributed by atoms with Crippen molar-refractivity contribution in [1.82, 2.24) is 14.8 Å². The van der Waals surface area contributed by atoms with Gasteiger partial charge in [0.25, 0.3) is 0 Å². The third-order valence-corrected chi connectivity index (χ3v) is 2.89. The zero-order valence-corrected chi connectivity index (χ0v) is 9.15. The second-order valence-corrected chi connectivity index (χ2v) is 3.92. The van der Waals surface area contributed by atoms with Crippen molar-refractivity contribution in [2.45, 2.75) is 32.9 Å². The standard InChI is InChI=1S/C10H18N4O/c1-2-15-7-10-13-12-9-4-3-8(5-11)6-14(9)10/h8H,2-7,11H2,1H3. The van der Waals surface area contributed by atoms with Crippen molar-refractivity contribution < 1.29 is 4.74 Å². The lowest BCUT2D eigenvalue weighted by molar-refractivity contribution is 0.123. The molecule has 0 bridgehead atoms.